The summed E-state index contributed by atoms with van der Waals surface area (Å²) in [5, 5.41) is 3.27. The molecule has 2 aliphatic heterocycles. The Morgan fingerprint density at radius 3 is 3.19 bits per heavy atom. The Balaban J connectivity index is 1.40. The number of ether oxygens (including phenoxy) is 1. The molecule has 0 aromatic carbocycles. The van der Waals surface area contributed by atoms with Gasteiger partial charge in [0.15, 0.2) is 0 Å². The molecule has 2 aromatic rings. The lowest BCUT2D eigenvalue weighted by atomic mass is 9.92. The maximum Gasteiger partial charge on any atom is 0.122 e. The largest absolute Gasteiger partial charge is 0.472 e. The third kappa shape index (κ3) is 2.78. The molecule has 0 unspecified atom stereocenters. The first-order valence-electron chi connectivity index (χ1n) is 7.59. The standard InChI is InChI=1S/C16H20N2O2S/c1-11-10-21-16(17-11)14-6-13-2-4-18(8-15(13)20-14)7-12-3-5-19-9-12/h3,5,9-10,13-15H,2,4,6-8H2,1H3/t13-,14-,15+/m0/s1. The topological polar surface area (TPSA) is 38.5 Å². The number of nitrogens with zero attached hydrogens (tertiary/aromatic N) is 2. The molecule has 5 heteroatoms. The highest BCUT2D eigenvalue weighted by molar-refractivity contribution is 7.09. The van der Waals surface area contributed by atoms with E-state index in [9.17, 15) is 0 Å². The van der Waals surface area contributed by atoms with Crippen molar-refractivity contribution in [3.05, 3.63) is 40.2 Å². The molecule has 4 heterocycles. The second kappa shape index (κ2) is 5.55. The van der Waals surface area contributed by atoms with Crippen LogP contribution < -0.4 is 0 Å². The van der Waals surface area contributed by atoms with Gasteiger partial charge in [-0.1, -0.05) is 0 Å². The van der Waals surface area contributed by atoms with Crippen molar-refractivity contribution in [1.82, 2.24) is 9.88 Å². The summed E-state index contributed by atoms with van der Waals surface area (Å²) in [6.07, 6.45) is 6.52. The predicted octanol–water partition coefficient (Wildman–Crippen LogP) is 3.40. The van der Waals surface area contributed by atoms with E-state index < -0.39 is 0 Å². The molecule has 2 fully saturated rings. The van der Waals surface area contributed by atoms with Crippen molar-refractivity contribution in [3.8, 4) is 0 Å². The first-order chi connectivity index (χ1) is 10.3. The first-order valence-corrected chi connectivity index (χ1v) is 8.47. The molecule has 4 nitrogen and oxygen atoms in total. The van der Waals surface area contributed by atoms with Gasteiger partial charge in [-0.05, 0) is 38.3 Å². The van der Waals surface area contributed by atoms with Gasteiger partial charge >= 0.3 is 0 Å². The van der Waals surface area contributed by atoms with Crippen LogP contribution in [0.1, 0.15) is 35.2 Å². The summed E-state index contributed by atoms with van der Waals surface area (Å²) in [4.78, 5) is 7.07. The second-order valence-corrected chi connectivity index (χ2v) is 7.03. The van der Waals surface area contributed by atoms with E-state index in [2.05, 4.69) is 22.2 Å². The van der Waals surface area contributed by atoms with Crippen LogP contribution in [0.5, 0.6) is 0 Å². The summed E-state index contributed by atoms with van der Waals surface area (Å²) in [6, 6.07) is 2.04. The van der Waals surface area contributed by atoms with Gasteiger partial charge in [-0.3, -0.25) is 4.90 Å². The Morgan fingerprint density at radius 2 is 2.43 bits per heavy atom. The molecule has 3 atom stereocenters. The Kier molecular flexibility index (Phi) is 3.57. The van der Waals surface area contributed by atoms with Crippen molar-refractivity contribution in [2.45, 2.75) is 38.5 Å². The van der Waals surface area contributed by atoms with Crippen molar-refractivity contribution in [2.75, 3.05) is 13.1 Å². The zero-order chi connectivity index (χ0) is 14.2. The lowest BCUT2D eigenvalue weighted by Crippen LogP contribution is -2.41. The summed E-state index contributed by atoms with van der Waals surface area (Å²) in [5.74, 6) is 0.694. The highest BCUT2D eigenvalue weighted by Crippen LogP contribution is 2.41. The molecule has 0 saturated carbocycles. The van der Waals surface area contributed by atoms with Gasteiger partial charge in [-0.15, -0.1) is 11.3 Å². The highest BCUT2D eigenvalue weighted by atomic mass is 32.1. The number of rotatable bonds is 3. The third-order valence-corrected chi connectivity index (χ3v) is 5.59. The minimum atomic E-state index is 0.215. The van der Waals surface area contributed by atoms with Crippen LogP contribution in [0.25, 0.3) is 0 Å². The van der Waals surface area contributed by atoms with Crippen LogP contribution in [-0.2, 0) is 11.3 Å². The normalized spacial score (nSPS) is 29.7. The quantitative estimate of drug-likeness (QED) is 0.871. The molecule has 0 N–H and O–H groups in total. The number of hydrogen-bond acceptors (Lipinski definition) is 5. The van der Waals surface area contributed by atoms with Crippen LogP contribution in [0.3, 0.4) is 0 Å². The number of aromatic nitrogens is 1. The van der Waals surface area contributed by atoms with E-state index in [1.165, 1.54) is 12.0 Å². The smallest absolute Gasteiger partial charge is 0.122 e. The lowest BCUT2D eigenvalue weighted by molar-refractivity contribution is -0.00945. The van der Waals surface area contributed by atoms with E-state index in [1.54, 1.807) is 17.6 Å². The Bertz CT molecular complexity index is 595. The van der Waals surface area contributed by atoms with Gasteiger partial charge in [-0.25, -0.2) is 4.98 Å². The molecule has 0 radical (unpaired) electrons. The Morgan fingerprint density at radius 1 is 1.48 bits per heavy atom. The number of aryl methyl sites for hydroxylation is 1. The van der Waals surface area contributed by atoms with Gasteiger partial charge in [0.25, 0.3) is 0 Å². The summed E-state index contributed by atoms with van der Waals surface area (Å²) in [6.45, 7) is 5.19. The van der Waals surface area contributed by atoms with E-state index in [0.717, 1.165) is 36.8 Å². The van der Waals surface area contributed by atoms with Gasteiger partial charge in [0.1, 0.15) is 11.1 Å². The van der Waals surface area contributed by atoms with Gasteiger partial charge in [0.2, 0.25) is 0 Å². The molecule has 2 aromatic heterocycles. The number of furan rings is 1. The maximum atomic E-state index is 6.30. The average molecular weight is 304 g/mol. The summed E-state index contributed by atoms with van der Waals surface area (Å²) in [7, 11) is 0. The fourth-order valence-electron chi connectivity index (χ4n) is 3.46. The number of likely N-dealkylation sites (tertiary alicyclic amines) is 1. The van der Waals surface area contributed by atoms with Crippen LogP contribution in [0.4, 0.5) is 0 Å². The van der Waals surface area contributed by atoms with Gasteiger partial charge in [0, 0.05) is 29.7 Å². The molecule has 0 aliphatic carbocycles. The van der Waals surface area contributed by atoms with E-state index in [-0.39, 0.29) is 6.10 Å². The highest BCUT2D eigenvalue weighted by Gasteiger charge is 2.40. The zero-order valence-electron chi connectivity index (χ0n) is 12.2. The fourth-order valence-corrected chi connectivity index (χ4v) is 4.30. The maximum absolute atomic E-state index is 6.30. The van der Waals surface area contributed by atoms with Crippen molar-refractivity contribution < 1.29 is 9.15 Å². The van der Waals surface area contributed by atoms with Gasteiger partial charge in [0.05, 0.1) is 18.6 Å². The van der Waals surface area contributed by atoms with Crippen molar-refractivity contribution in [2.24, 2.45) is 5.92 Å². The molecule has 2 saturated heterocycles. The Labute approximate surface area is 128 Å². The first kappa shape index (κ1) is 13.5. The van der Waals surface area contributed by atoms with Crippen molar-refractivity contribution >= 4 is 11.3 Å². The summed E-state index contributed by atoms with van der Waals surface area (Å²) < 4.78 is 11.5. The van der Waals surface area contributed by atoms with E-state index >= 15 is 0 Å². The summed E-state index contributed by atoms with van der Waals surface area (Å²) in [5.41, 5.74) is 2.36. The van der Waals surface area contributed by atoms with Crippen LogP contribution in [0.15, 0.2) is 28.4 Å². The number of thiazole rings is 1. The lowest BCUT2D eigenvalue weighted by Gasteiger charge is -2.33. The summed E-state index contributed by atoms with van der Waals surface area (Å²) >= 11 is 1.73. The Hall–Kier alpha value is -1.17. The predicted molar refractivity (Wildman–Crippen MR) is 81.2 cm³/mol. The SMILES string of the molecule is Cc1csc([C@@H]2C[C@@H]3CCN(Cc4ccoc4)C[C@H]3O2)n1. The third-order valence-electron chi connectivity index (χ3n) is 4.53. The minimum absolute atomic E-state index is 0.215. The van der Waals surface area contributed by atoms with Crippen LogP contribution >= 0.6 is 11.3 Å². The van der Waals surface area contributed by atoms with E-state index in [1.807, 2.05) is 12.3 Å². The molecule has 112 valence electrons. The molecular formula is C16H20N2O2S. The number of piperidine rings is 1. The van der Waals surface area contributed by atoms with Crippen LogP contribution in [-0.4, -0.2) is 29.1 Å². The van der Waals surface area contributed by atoms with Crippen LogP contribution in [0.2, 0.25) is 0 Å². The monoisotopic (exact) mass is 304 g/mol. The molecule has 0 amide bonds. The average Bonchev–Trinajstić information content (AvgIpc) is 3.18. The van der Waals surface area contributed by atoms with E-state index in [4.69, 9.17) is 9.15 Å². The zero-order valence-corrected chi connectivity index (χ0v) is 13.0. The number of hydrogen-bond donors (Lipinski definition) is 0. The molecule has 0 bridgehead atoms. The minimum Gasteiger partial charge on any atom is -0.472 e. The van der Waals surface area contributed by atoms with Crippen molar-refractivity contribution in [3.63, 3.8) is 0 Å². The molecule has 4 rings (SSSR count). The molecule has 0 spiro atoms. The molecule has 21 heavy (non-hydrogen) atoms. The van der Waals surface area contributed by atoms with Gasteiger partial charge in [-0.2, -0.15) is 0 Å². The van der Waals surface area contributed by atoms with E-state index in [0.29, 0.717) is 12.0 Å². The van der Waals surface area contributed by atoms with Crippen molar-refractivity contribution in [1.29, 1.82) is 0 Å². The second-order valence-electron chi connectivity index (χ2n) is 6.14. The molecular weight excluding hydrogens is 284 g/mol. The van der Waals surface area contributed by atoms with Gasteiger partial charge < -0.3 is 9.15 Å². The van der Waals surface area contributed by atoms with Crippen LogP contribution in [0, 0.1) is 12.8 Å². The fraction of sp³-hybridized carbons (Fsp3) is 0.562. The molecule has 2 aliphatic rings. The number of fused-ring (bicyclic) bond motifs is 1.